The van der Waals surface area contributed by atoms with Crippen molar-refractivity contribution in [1.29, 1.82) is 0 Å². The number of carbonyl (C=O) groups is 2. The molecule has 0 aliphatic heterocycles. The van der Waals surface area contributed by atoms with Gasteiger partial charge in [0.25, 0.3) is 0 Å². The molecule has 0 bridgehead atoms. The van der Waals surface area contributed by atoms with Crippen LogP contribution in [0.25, 0.3) is 0 Å². The highest BCUT2D eigenvalue weighted by Gasteiger charge is 2.37. The molecule has 6 heteroatoms. The highest BCUT2D eigenvalue weighted by molar-refractivity contribution is 8.00. The molecular weight excluding hydrogens is 334 g/mol. The molecule has 0 aromatic rings. The normalized spacial score (nSPS) is 12.8. The van der Waals surface area contributed by atoms with Crippen LogP contribution in [0.4, 0.5) is 4.79 Å². The summed E-state index contributed by atoms with van der Waals surface area (Å²) >= 11 is 1.99. The fourth-order valence-electron chi connectivity index (χ4n) is 2.44. The van der Waals surface area contributed by atoms with Gasteiger partial charge < -0.3 is 16.0 Å². The summed E-state index contributed by atoms with van der Waals surface area (Å²) in [4.78, 5) is 24.3. The van der Waals surface area contributed by atoms with Crippen LogP contribution in [0.15, 0.2) is 0 Å². The van der Waals surface area contributed by atoms with Crippen LogP contribution in [0.2, 0.25) is 0 Å². The van der Waals surface area contributed by atoms with Crippen molar-refractivity contribution in [2.45, 2.75) is 78.5 Å². The minimum absolute atomic E-state index is 0.0152. The van der Waals surface area contributed by atoms with Gasteiger partial charge in [-0.2, -0.15) is 11.8 Å². The Morgan fingerprint density at radius 2 is 1.44 bits per heavy atom. The van der Waals surface area contributed by atoms with Gasteiger partial charge in [0.1, 0.15) is 0 Å². The number of nitrogens with one attached hydrogen (secondary N) is 3. The topological polar surface area (TPSA) is 70.2 Å². The number of unbranched alkanes of at least 4 members (excludes halogenated alkanes) is 1. The maximum atomic E-state index is 12.3. The van der Waals surface area contributed by atoms with Crippen LogP contribution < -0.4 is 16.0 Å². The first-order valence-electron chi connectivity index (χ1n) is 9.21. The van der Waals surface area contributed by atoms with E-state index in [1.807, 2.05) is 32.5 Å². The average molecular weight is 374 g/mol. The fraction of sp³-hybridized carbons (Fsp3) is 0.895. The monoisotopic (exact) mass is 373 g/mol. The summed E-state index contributed by atoms with van der Waals surface area (Å²) in [6, 6.07) is -0.300. The molecule has 0 aromatic carbocycles. The Morgan fingerprint density at radius 1 is 0.840 bits per heavy atom. The van der Waals surface area contributed by atoms with Crippen molar-refractivity contribution in [2.75, 3.05) is 25.4 Å². The van der Waals surface area contributed by atoms with Crippen molar-refractivity contribution in [1.82, 2.24) is 16.0 Å². The lowest BCUT2D eigenvalue weighted by Crippen LogP contribution is -2.56. The third-order valence-corrected chi connectivity index (χ3v) is 4.90. The molecule has 2 amide bonds. The Bertz CT molecular complexity index is 423. The molecule has 0 radical (unpaired) electrons. The van der Waals surface area contributed by atoms with Crippen LogP contribution in [0.1, 0.15) is 68.2 Å². The number of Topliss-reactive ketones (excluding diaryl/α,β-unsaturated/α-hetero) is 1. The minimum Gasteiger partial charge on any atom is -0.337 e. The lowest BCUT2D eigenvalue weighted by Gasteiger charge is -2.31. The van der Waals surface area contributed by atoms with E-state index in [9.17, 15) is 9.59 Å². The lowest BCUT2D eigenvalue weighted by molar-refractivity contribution is -0.131. The van der Waals surface area contributed by atoms with Gasteiger partial charge in [0, 0.05) is 23.3 Å². The first kappa shape index (κ1) is 24.2. The van der Waals surface area contributed by atoms with Crippen LogP contribution in [0.3, 0.4) is 0 Å². The molecular formula is C19H39N3O2S. The molecule has 0 atom stereocenters. The predicted molar refractivity (Wildman–Crippen MR) is 109 cm³/mol. The minimum atomic E-state index is -0.875. The van der Waals surface area contributed by atoms with E-state index >= 15 is 0 Å². The van der Waals surface area contributed by atoms with Crippen molar-refractivity contribution < 1.29 is 9.59 Å². The van der Waals surface area contributed by atoms with E-state index in [0.29, 0.717) is 11.3 Å². The van der Waals surface area contributed by atoms with E-state index in [0.717, 1.165) is 19.5 Å². The maximum absolute atomic E-state index is 12.3. The van der Waals surface area contributed by atoms with E-state index < -0.39 is 11.0 Å². The molecule has 0 fully saturated rings. The Morgan fingerprint density at radius 3 is 1.96 bits per heavy atom. The van der Waals surface area contributed by atoms with Gasteiger partial charge in [-0.05, 0) is 39.0 Å². The quantitative estimate of drug-likeness (QED) is 0.512. The smallest absolute Gasteiger partial charge is 0.315 e. The van der Waals surface area contributed by atoms with Crippen molar-refractivity contribution in [3.05, 3.63) is 0 Å². The summed E-state index contributed by atoms with van der Waals surface area (Å²) in [7, 11) is 0. The van der Waals surface area contributed by atoms with Gasteiger partial charge in [0.05, 0.1) is 5.54 Å². The van der Waals surface area contributed by atoms with Gasteiger partial charge in [-0.15, -0.1) is 0 Å². The Kier molecular flexibility index (Phi) is 10.1. The highest BCUT2D eigenvalue weighted by atomic mass is 32.2. The molecule has 0 aliphatic carbocycles. The summed E-state index contributed by atoms with van der Waals surface area (Å²) in [6.07, 6.45) is 2.34. The van der Waals surface area contributed by atoms with Crippen molar-refractivity contribution >= 4 is 23.6 Å². The van der Waals surface area contributed by atoms with Gasteiger partial charge >= 0.3 is 6.03 Å². The van der Waals surface area contributed by atoms with E-state index in [2.05, 4.69) is 36.7 Å². The number of hydrogen-bond donors (Lipinski definition) is 3. The van der Waals surface area contributed by atoms with Crippen LogP contribution in [0.5, 0.6) is 0 Å². The van der Waals surface area contributed by atoms with E-state index in [1.165, 1.54) is 12.2 Å². The number of rotatable bonds is 10. The number of hydrogen-bond acceptors (Lipinski definition) is 4. The van der Waals surface area contributed by atoms with Gasteiger partial charge in [-0.25, -0.2) is 4.79 Å². The molecule has 0 heterocycles. The predicted octanol–water partition coefficient (Wildman–Crippen LogP) is 3.58. The first-order valence-corrected chi connectivity index (χ1v) is 10.2. The molecule has 0 saturated heterocycles. The Labute approximate surface area is 158 Å². The third-order valence-electron chi connectivity index (χ3n) is 3.55. The summed E-state index contributed by atoms with van der Waals surface area (Å²) in [5.74, 6) is 1.20. The van der Waals surface area contributed by atoms with E-state index in [-0.39, 0.29) is 11.8 Å². The second-order valence-electron chi connectivity index (χ2n) is 9.00. The molecule has 148 valence electrons. The number of thioether (sulfide) groups is 1. The summed E-state index contributed by atoms with van der Waals surface area (Å²) in [6.45, 7) is 18.0. The van der Waals surface area contributed by atoms with Crippen molar-refractivity contribution in [2.24, 2.45) is 5.41 Å². The molecule has 3 N–H and O–H groups in total. The highest BCUT2D eigenvalue weighted by Crippen LogP contribution is 2.24. The number of urea groups is 1. The average Bonchev–Trinajstić information content (AvgIpc) is 2.42. The lowest BCUT2D eigenvalue weighted by atomic mass is 9.80. The van der Waals surface area contributed by atoms with E-state index in [4.69, 9.17) is 0 Å². The summed E-state index contributed by atoms with van der Waals surface area (Å²) in [5, 5.41) is 8.89. The molecule has 0 saturated carbocycles. The molecule has 5 nitrogen and oxygen atoms in total. The van der Waals surface area contributed by atoms with Gasteiger partial charge in [-0.3, -0.25) is 4.79 Å². The molecule has 0 rings (SSSR count). The molecule has 25 heavy (non-hydrogen) atoms. The van der Waals surface area contributed by atoms with Gasteiger partial charge in [-0.1, -0.05) is 41.5 Å². The van der Waals surface area contributed by atoms with Crippen LogP contribution in [0, 0.1) is 5.41 Å². The Balaban J connectivity index is 3.79. The maximum Gasteiger partial charge on any atom is 0.315 e. The van der Waals surface area contributed by atoms with Crippen molar-refractivity contribution in [3.8, 4) is 0 Å². The standard InChI is InChI=1S/C19H39N3O2S/c1-17(2,3)15(23)19(7,8)22-16(24)21-13-12-20-11-9-10-14-25-18(4,5)6/h20H,9-14H2,1-8H3,(H2,21,22,24). The zero-order valence-electron chi connectivity index (χ0n) is 17.5. The number of amides is 2. The number of ketones is 1. The SMILES string of the molecule is CC(C)(C)SCCCCNCCNC(=O)NC(C)(C)C(=O)C(C)(C)C. The van der Waals surface area contributed by atoms with Crippen LogP contribution in [-0.4, -0.2) is 47.5 Å². The molecule has 0 unspecified atom stereocenters. The van der Waals surface area contributed by atoms with E-state index in [1.54, 1.807) is 13.8 Å². The zero-order valence-corrected chi connectivity index (χ0v) is 18.3. The summed E-state index contributed by atoms with van der Waals surface area (Å²) < 4.78 is 0.340. The zero-order chi connectivity index (χ0) is 19.7. The molecule has 0 spiro atoms. The second kappa shape index (κ2) is 10.4. The molecule has 0 aliphatic rings. The second-order valence-corrected chi connectivity index (χ2v) is 10.9. The van der Waals surface area contributed by atoms with Crippen molar-refractivity contribution in [3.63, 3.8) is 0 Å². The van der Waals surface area contributed by atoms with Gasteiger partial charge in [0.2, 0.25) is 0 Å². The molecule has 0 aromatic heterocycles. The Hall–Kier alpha value is -0.750. The first-order chi connectivity index (χ1) is 11.3. The summed E-state index contributed by atoms with van der Waals surface area (Å²) in [5.41, 5.74) is -1.36. The largest absolute Gasteiger partial charge is 0.337 e. The fourth-order valence-corrected chi connectivity index (χ4v) is 3.40. The van der Waals surface area contributed by atoms with Gasteiger partial charge in [0.15, 0.2) is 5.78 Å². The van der Waals surface area contributed by atoms with Crippen LogP contribution >= 0.6 is 11.8 Å². The number of carbonyl (C=O) groups excluding carboxylic acids is 2. The third kappa shape index (κ3) is 12.3. The van der Waals surface area contributed by atoms with Crippen LogP contribution in [-0.2, 0) is 4.79 Å².